The summed E-state index contributed by atoms with van der Waals surface area (Å²) in [5.41, 5.74) is 0. The Morgan fingerprint density at radius 2 is 1.92 bits per heavy atom. The van der Waals surface area contributed by atoms with Crippen LogP contribution in [-0.2, 0) is 4.79 Å². The molecule has 0 radical (unpaired) electrons. The van der Waals surface area contributed by atoms with Gasteiger partial charge in [-0.05, 0) is 0 Å². The quantitative estimate of drug-likeness (QED) is 0.278. The predicted molar refractivity (Wildman–Crippen MR) is 52.1 cm³/mol. The number of hydrogen-bond donors (Lipinski definition) is 1. The van der Waals surface area contributed by atoms with E-state index in [2.05, 4.69) is 10.5 Å². The van der Waals surface area contributed by atoms with Gasteiger partial charge in [-0.1, -0.05) is 0 Å². The molecule has 80 valence electrons. The molecule has 1 amide bonds. The normalized spacial score (nSPS) is 10.3. The molecule has 0 fully saturated rings. The summed E-state index contributed by atoms with van der Waals surface area (Å²) in [6.45, 7) is 4.26. The number of alkyl halides is 1. The predicted octanol–water partition coefficient (Wildman–Crippen LogP) is -0.513. The van der Waals surface area contributed by atoms with E-state index in [4.69, 9.17) is 0 Å². The van der Waals surface area contributed by atoms with Gasteiger partial charge >= 0.3 is 92.5 Å². The van der Waals surface area contributed by atoms with Gasteiger partial charge in [-0.15, -0.1) is 0 Å². The third kappa shape index (κ3) is 10.1. The fourth-order valence-corrected chi connectivity index (χ4v) is 2.87. The minimum absolute atomic E-state index is 0.0453. The summed E-state index contributed by atoms with van der Waals surface area (Å²) < 4.78 is 4.28. The van der Waals surface area contributed by atoms with Crippen LogP contribution in [0.25, 0.3) is 0 Å². The van der Waals surface area contributed by atoms with Gasteiger partial charge in [-0.2, -0.15) is 0 Å². The van der Waals surface area contributed by atoms with Crippen LogP contribution >= 0.6 is 0 Å². The molecule has 0 atom stereocenters. The van der Waals surface area contributed by atoms with E-state index in [1.54, 1.807) is 0 Å². The van der Waals surface area contributed by atoms with Crippen molar-refractivity contribution in [1.29, 1.82) is 0 Å². The zero-order valence-corrected chi connectivity index (χ0v) is 10.9. The van der Waals surface area contributed by atoms with Crippen molar-refractivity contribution < 1.29 is 26.3 Å². The third-order valence-corrected chi connectivity index (χ3v) is 4.02. The number of halogens is 1. The van der Waals surface area contributed by atoms with E-state index in [9.17, 15) is 4.79 Å². The summed E-state index contributed by atoms with van der Waals surface area (Å²) in [4.78, 5) is 11.0. The van der Waals surface area contributed by atoms with Crippen LogP contribution in [0.1, 0.15) is 52.4 Å². The number of hydrogen-bond acceptors (Lipinski definition) is 1. The van der Waals surface area contributed by atoms with E-state index in [1.165, 1.54) is 30.1 Å². The molecule has 13 heavy (non-hydrogen) atoms. The maximum absolute atomic E-state index is 11.0. The van der Waals surface area contributed by atoms with Crippen molar-refractivity contribution >= 4 is 5.91 Å². The number of unbranched alkanes of at least 4 members (excludes halogenated alkanes) is 3. The van der Waals surface area contributed by atoms with Gasteiger partial charge in [0.1, 0.15) is 0 Å². The van der Waals surface area contributed by atoms with Gasteiger partial charge in [0.25, 0.3) is 0 Å². The number of carbonyl (C=O) groups excluding carboxylic acids is 1. The SMILES string of the molecule is CCCCCC[I-]NC(=O)CCC. The Balaban J connectivity index is 3.02. The zero-order valence-electron chi connectivity index (χ0n) is 8.74. The number of nitrogens with one attached hydrogen (secondary N) is 1. The Bertz CT molecular complexity index is 128. The van der Waals surface area contributed by atoms with E-state index in [1.807, 2.05) is 6.92 Å². The van der Waals surface area contributed by atoms with Crippen molar-refractivity contribution in [3.63, 3.8) is 0 Å². The molecule has 1 N–H and O–H groups in total. The summed E-state index contributed by atoms with van der Waals surface area (Å²) in [6, 6.07) is 0. The first-order valence-electron chi connectivity index (χ1n) is 5.18. The van der Waals surface area contributed by atoms with Crippen molar-refractivity contribution in [3.8, 4) is 0 Å². The Morgan fingerprint density at radius 3 is 2.54 bits per heavy atom. The molecule has 0 heterocycles. The van der Waals surface area contributed by atoms with Crippen LogP contribution < -0.4 is 25.0 Å². The molecule has 0 aliphatic heterocycles. The number of amides is 1. The summed E-state index contributed by atoms with van der Waals surface area (Å²) in [5, 5.41) is 0. The van der Waals surface area contributed by atoms with E-state index < -0.39 is 0 Å². The Labute approximate surface area is 92.5 Å². The van der Waals surface area contributed by atoms with Crippen molar-refractivity contribution in [2.75, 3.05) is 4.43 Å². The van der Waals surface area contributed by atoms with Gasteiger partial charge in [-0.25, -0.2) is 0 Å². The molecule has 2 nitrogen and oxygen atoms in total. The van der Waals surface area contributed by atoms with Crippen LogP contribution in [0.3, 0.4) is 0 Å². The minimum atomic E-state index is -0.0453. The first-order valence-corrected chi connectivity index (χ1v) is 7.78. The van der Waals surface area contributed by atoms with Crippen molar-refractivity contribution in [2.45, 2.75) is 52.4 Å². The standard InChI is InChI=1S/C10H21INO/c1-3-5-6-7-9-11-12-10(13)8-4-2/h3-9H2,1-2H3,(H,12,13)/q-1. The molecule has 0 saturated carbocycles. The van der Waals surface area contributed by atoms with Crippen molar-refractivity contribution in [3.05, 3.63) is 0 Å². The van der Waals surface area contributed by atoms with Crippen LogP contribution in [0, 0.1) is 0 Å². The van der Waals surface area contributed by atoms with Crippen molar-refractivity contribution in [1.82, 2.24) is 3.53 Å². The van der Waals surface area contributed by atoms with Gasteiger partial charge in [0.2, 0.25) is 0 Å². The Kier molecular flexibility index (Phi) is 10.4. The van der Waals surface area contributed by atoms with Crippen molar-refractivity contribution in [2.24, 2.45) is 0 Å². The summed E-state index contributed by atoms with van der Waals surface area (Å²) in [5.74, 6) is 0.255. The second-order valence-electron chi connectivity index (χ2n) is 3.15. The monoisotopic (exact) mass is 298 g/mol. The second kappa shape index (κ2) is 10.3. The molecule has 0 unspecified atom stereocenters. The van der Waals surface area contributed by atoms with Gasteiger partial charge in [-0.3, -0.25) is 0 Å². The molecule has 0 aromatic rings. The zero-order chi connectivity index (χ0) is 9.94. The molecule has 0 aromatic heterocycles. The summed E-state index contributed by atoms with van der Waals surface area (Å²) in [7, 11) is 0. The first kappa shape index (κ1) is 13.2. The van der Waals surface area contributed by atoms with Crippen LogP contribution in [0.2, 0.25) is 0 Å². The third-order valence-electron chi connectivity index (χ3n) is 1.73. The molecular formula is C10H21INO-. The summed E-state index contributed by atoms with van der Waals surface area (Å²) >= 11 is -0.0453. The molecule has 0 saturated heterocycles. The fourth-order valence-electron chi connectivity index (χ4n) is 0.984. The average molecular weight is 298 g/mol. The molecule has 0 rings (SSSR count). The van der Waals surface area contributed by atoms with Gasteiger partial charge in [0.15, 0.2) is 0 Å². The molecule has 0 aliphatic carbocycles. The molecule has 0 aliphatic rings. The van der Waals surface area contributed by atoms with E-state index in [0.717, 1.165) is 6.42 Å². The van der Waals surface area contributed by atoms with Gasteiger partial charge < -0.3 is 0 Å². The van der Waals surface area contributed by atoms with Gasteiger partial charge in [0, 0.05) is 0 Å². The molecule has 0 aromatic carbocycles. The van der Waals surface area contributed by atoms with Crippen LogP contribution in [-0.4, -0.2) is 10.3 Å². The first-order chi connectivity index (χ1) is 6.31. The molecule has 3 heteroatoms. The Morgan fingerprint density at radius 1 is 1.15 bits per heavy atom. The van der Waals surface area contributed by atoms with Crippen LogP contribution in [0.5, 0.6) is 0 Å². The topological polar surface area (TPSA) is 29.1 Å². The molecular weight excluding hydrogens is 277 g/mol. The molecule has 0 spiro atoms. The summed E-state index contributed by atoms with van der Waals surface area (Å²) in [6.07, 6.45) is 6.93. The molecule has 0 bridgehead atoms. The van der Waals surface area contributed by atoms with E-state index >= 15 is 0 Å². The number of carbonyl (C=O) groups is 1. The number of rotatable bonds is 8. The fraction of sp³-hybridized carbons (Fsp3) is 0.900. The second-order valence-corrected chi connectivity index (χ2v) is 5.53. The average Bonchev–Trinajstić information content (AvgIpc) is 2.11. The Hall–Kier alpha value is 0.200. The van der Waals surface area contributed by atoms with Crippen LogP contribution in [0.15, 0.2) is 0 Å². The maximum atomic E-state index is 11.0. The van der Waals surface area contributed by atoms with E-state index in [0.29, 0.717) is 6.42 Å². The van der Waals surface area contributed by atoms with E-state index in [-0.39, 0.29) is 27.4 Å². The van der Waals surface area contributed by atoms with Crippen LogP contribution in [0.4, 0.5) is 0 Å². The van der Waals surface area contributed by atoms with Gasteiger partial charge in [0.05, 0.1) is 0 Å².